The summed E-state index contributed by atoms with van der Waals surface area (Å²) in [7, 11) is 0. The van der Waals surface area contributed by atoms with Gasteiger partial charge >= 0.3 is 0 Å². The second-order valence-corrected chi connectivity index (χ2v) is 3.45. The molecule has 0 atom stereocenters. The Morgan fingerprint density at radius 1 is 1.54 bits per heavy atom. The van der Waals surface area contributed by atoms with Gasteiger partial charge < -0.3 is 15.7 Å². The van der Waals surface area contributed by atoms with E-state index in [1.165, 1.54) is 0 Å². The first-order chi connectivity index (χ1) is 6.27. The highest BCUT2D eigenvalue weighted by molar-refractivity contribution is 5.78. The third-order valence-electron chi connectivity index (χ3n) is 2.52. The molecule has 1 aliphatic heterocycles. The van der Waals surface area contributed by atoms with Crippen LogP contribution < -0.4 is 5.73 Å². The summed E-state index contributed by atoms with van der Waals surface area (Å²) in [6.45, 7) is 4.89. The number of nitrogens with two attached hydrogens (primary N) is 1. The molecule has 0 spiro atoms. The maximum absolute atomic E-state index is 8.94. The number of likely N-dealkylation sites (tertiary alicyclic amines) is 1. The standard InChI is InChI=1S/C9H19N3O/c1-2-11-9(10)12-5-3-8(7-13)4-6-12/h8,13H,2-7H2,1H3,(H2,10,11). The Bertz CT molecular complexity index is 174. The van der Waals surface area contributed by atoms with Gasteiger partial charge in [0.15, 0.2) is 5.96 Å². The summed E-state index contributed by atoms with van der Waals surface area (Å²) in [4.78, 5) is 6.25. The van der Waals surface area contributed by atoms with Crippen LogP contribution in [0.3, 0.4) is 0 Å². The van der Waals surface area contributed by atoms with Crippen LogP contribution in [0.25, 0.3) is 0 Å². The first kappa shape index (κ1) is 10.3. The molecule has 13 heavy (non-hydrogen) atoms. The monoisotopic (exact) mass is 185 g/mol. The van der Waals surface area contributed by atoms with Crippen molar-refractivity contribution in [3.8, 4) is 0 Å². The lowest BCUT2D eigenvalue weighted by molar-refractivity contribution is 0.165. The Hall–Kier alpha value is -0.770. The minimum absolute atomic E-state index is 0.304. The van der Waals surface area contributed by atoms with E-state index in [0.29, 0.717) is 18.5 Å². The normalized spacial score (nSPS) is 20.8. The van der Waals surface area contributed by atoms with Crippen molar-refractivity contribution in [2.75, 3.05) is 26.2 Å². The first-order valence-electron chi connectivity index (χ1n) is 4.93. The third kappa shape index (κ3) is 2.88. The van der Waals surface area contributed by atoms with Crippen molar-refractivity contribution < 1.29 is 5.11 Å². The highest BCUT2D eigenvalue weighted by Crippen LogP contribution is 2.15. The van der Waals surface area contributed by atoms with Crippen LogP contribution in [-0.4, -0.2) is 42.2 Å². The second kappa shape index (κ2) is 5.07. The smallest absolute Gasteiger partial charge is 0.191 e. The van der Waals surface area contributed by atoms with Crippen LogP contribution in [0.2, 0.25) is 0 Å². The van der Waals surface area contributed by atoms with Gasteiger partial charge in [0.05, 0.1) is 0 Å². The molecule has 4 heteroatoms. The molecular weight excluding hydrogens is 166 g/mol. The Morgan fingerprint density at radius 3 is 2.62 bits per heavy atom. The maximum Gasteiger partial charge on any atom is 0.191 e. The van der Waals surface area contributed by atoms with Gasteiger partial charge in [-0.05, 0) is 25.7 Å². The topological polar surface area (TPSA) is 61.8 Å². The average Bonchev–Trinajstić information content (AvgIpc) is 2.18. The molecule has 3 N–H and O–H groups in total. The number of aliphatic hydroxyl groups is 1. The van der Waals surface area contributed by atoms with E-state index in [1.54, 1.807) is 0 Å². The predicted octanol–water partition coefficient (Wildman–Crippen LogP) is 0.0253. The molecule has 0 aromatic carbocycles. The zero-order valence-corrected chi connectivity index (χ0v) is 8.24. The number of nitrogens with zero attached hydrogens (tertiary/aromatic N) is 2. The highest BCUT2D eigenvalue weighted by atomic mass is 16.3. The lowest BCUT2D eigenvalue weighted by atomic mass is 9.98. The van der Waals surface area contributed by atoms with Gasteiger partial charge in [-0.25, -0.2) is 0 Å². The van der Waals surface area contributed by atoms with Gasteiger partial charge in [0.2, 0.25) is 0 Å². The Kier molecular flexibility index (Phi) is 4.02. The van der Waals surface area contributed by atoms with E-state index >= 15 is 0 Å². The number of aliphatic imine (C=N–C) groups is 1. The summed E-state index contributed by atoms with van der Waals surface area (Å²) >= 11 is 0. The van der Waals surface area contributed by atoms with Gasteiger partial charge in [-0.3, -0.25) is 4.99 Å². The fourth-order valence-corrected chi connectivity index (χ4v) is 1.61. The molecule has 1 aliphatic rings. The fourth-order valence-electron chi connectivity index (χ4n) is 1.61. The summed E-state index contributed by atoms with van der Waals surface area (Å²) in [5, 5.41) is 8.94. The summed E-state index contributed by atoms with van der Waals surface area (Å²) in [6, 6.07) is 0. The van der Waals surface area contributed by atoms with Gasteiger partial charge in [-0.1, -0.05) is 0 Å². The van der Waals surface area contributed by atoms with Crippen molar-refractivity contribution in [2.45, 2.75) is 19.8 Å². The molecular formula is C9H19N3O. The molecule has 0 saturated carbocycles. The highest BCUT2D eigenvalue weighted by Gasteiger charge is 2.19. The summed E-state index contributed by atoms with van der Waals surface area (Å²) in [6.07, 6.45) is 2.05. The van der Waals surface area contributed by atoms with Crippen molar-refractivity contribution in [3.63, 3.8) is 0 Å². The number of rotatable bonds is 2. The van der Waals surface area contributed by atoms with Crippen LogP contribution in [-0.2, 0) is 0 Å². The van der Waals surface area contributed by atoms with E-state index in [0.717, 1.165) is 32.5 Å². The molecule has 1 rings (SSSR count). The minimum Gasteiger partial charge on any atom is -0.396 e. The van der Waals surface area contributed by atoms with E-state index in [9.17, 15) is 0 Å². The molecule has 0 amide bonds. The van der Waals surface area contributed by atoms with Crippen molar-refractivity contribution in [3.05, 3.63) is 0 Å². The van der Waals surface area contributed by atoms with Crippen LogP contribution >= 0.6 is 0 Å². The summed E-state index contributed by atoms with van der Waals surface area (Å²) in [5.41, 5.74) is 5.76. The molecule has 0 aromatic heterocycles. The quantitative estimate of drug-likeness (QED) is 0.471. The van der Waals surface area contributed by atoms with Crippen molar-refractivity contribution in [1.82, 2.24) is 4.90 Å². The molecule has 0 unspecified atom stereocenters. The van der Waals surface area contributed by atoms with Gasteiger partial charge in [0.1, 0.15) is 0 Å². The summed E-state index contributed by atoms with van der Waals surface area (Å²) < 4.78 is 0. The number of guanidine groups is 1. The first-order valence-corrected chi connectivity index (χ1v) is 4.93. The van der Waals surface area contributed by atoms with Crippen molar-refractivity contribution >= 4 is 5.96 Å². The van der Waals surface area contributed by atoms with Crippen LogP contribution in [0.4, 0.5) is 0 Å². The Labute approximate surface area is 79.4 Å². The van der Waals surface area contributed by atoms with E-state index in [1.807, 2.05) is 6.92 Å². The number of piperidine rings is 1. The zero-order valence-electron chi connectivity index (χ0n) is 8.24. The van der Waals surface area contributed by atoms with Gasteiger partial charge in [0, 0.05) is 26.2 Å². The Balaban J connectivity index is 2.36. The van der Waals surface area contributed by atoms with E-state index in [-0.39, 0.29) is 0 Å². The molecule has 0 aliphatic carbocycles. The van der Waals surface area contributed by atoms with Gasteiger partial charge in [-0.15, -0.1) is 0 Å². The van der Waals surface area contributed by atoms with Crippen molar-refractivity contribution in [1.29, 1.82) is 0 Å². The second-order valence-electron chi connectivity index (χ2n) is 3.45. The molecule has 0 radical (unpaired) electrons. The van der Waals surface area contributed by atoms with Gasteiger partial charge in [0.25, 0.3) is 0 Å². The molecule has 1 heterocycles. The van der Waals surface area contributed by atoms with E-state index < -0.39 is 0 Å². The fraction of sp³-hybridized carbons (Fsp3) is 0.889. The minimum atomic E-state index is 0.304. The van der Waals surface area contributed by atoms with E-state index in [4.69, 9.17) is 10.8 Å². The molecule has 76 valence electrons. The number of aliphatic hydroxyl groups excluding tert-OH is 1. The van der Waals surface area contributed by atoms with Crippen LogP contribution in [0.5, 0.6) is 0 Å². The maximum atomic E-state index is 8.94. The van der Waals surface area contributed by atoms with E-state index in [2.05, 4.69) is 9.89 Å². The third-order valence-corrected chi connectivity index (χ3v) is 2.52. The number of hydrogen-bond donors (Lipinski definition) is 2. The SMILES string of the molecule is CCN=C(N)N1CCC(CO)CC1. The van der Waals surface area contributed by atoms with Gasteiger partial charge in [-0.2, -0.15) is 0 Å². The van der Waals surface area contributed by atoms with Crippen molar-refractivity contribution in [2.24, 2.45) is 16.6 Å². The van der Waals surface area contributed by atoms with Crippen LogP contribution in [0.15, 0.2) is 4.99 Å². The largest absolute Gasteiger partial charge is 0.396 e. The Morgan fingerprint density at radius 2 is 2.15 bits per heavy atom. The molecule has 1 saturated heterocycles. The average molecular weight is 185 g/mol. The molecule has 1 fully saturated rings. The van der Waals surface area contributed by atoms with Crippen LogP contribution in [0.1, 0.15) is 19.8 Å². The zero-order chi connectivity index (χ0) is 9.68. The summed E-state index contributed by atoms with van der Waals surface area (Å²) in [5.74, 6) is 1.12. The lowest BCUT2D eigenvalue weighted by Gasteiger charge is -2.31. The molecule has 0 aromatic rings. The number of hydrogen-bond acceptors (Lipinski definition) is 2. The molecule has 0 bridgehead atoms. The van der Waals surface area contributed by atoms with Crippen LogP contribution in [0, 0.1) is 5.92 Å². The predicted molar refractivity (Wildman–Crippen MR) is 53.5 cm³/mol. The lowest BCUT2D eigenvalue weighted by Crippen LogP contribution is -2.43. The molecule has 4 nitrogen and oxygen atoms in total.